The van der Waals surface area contributed by atoms with E-state index in [9.17, 15) is 14.7 Å². The number of likely N-dealkylation sites (tertiary alicyclic amines) is 1. The fourth-order valence-electron chi connectivity index (χ4n) is 3.90. The summed E-state index contributed by atoms with van der Waals surface area (Å²) in [6, 6.07) is 6.13. The number of aryl methyl sites for hydroxylation is 2. The van der Waals surface area contributed by atoms with Gasteiger partial charge in [-0.25, -0.2) is 0 Å². The third-order valence-electron chi connectivity index (χ3n) is 5.83. The second-order valence-electron chi connectivity index (χ2n) is 7.57. The molecule has 25 heavy (non-hydrogen) atoms. The summed E-state index contributed by atoms with van der Waals surface area (Å²) >= 11 is 0. The van der Waals surface area contributed by atoms with Gasteiger partial charge in [0.25, 0.3) is 0 Å². The molecule has 0 saturated carbocycles. The van der Waals surface area contributed by atoms with Crippen LogP contribution in [0.5, 0.6) is 0 Å². The molecule has 0 radical (unpaired) electrons. The third-order valence-corrected chi connectivity index (χ3v) is 5.83. The van der Waals surface area contributed by atoms with Crippen molar-refractivity contribution >= 4 is 17.5 Å². The van der Waals surface area contributed by atoms with Crippen molar-refractivity contribution in [2.45, 2.75) is 46.1 Å². The molecule has 2 saturated heterocycles. The Balaban J connectivity index is 1.74. The summed E-state index contributed by atoms with van der Waals surface area (Å²) in [5, 5.41) is 9.42. The molecule has 2 aliphatic heterocycles. The average molecular weight is 344 g/mol. The molecule has 3 unspecified atom stereocenters. The van der Waals surface area contributed by atoms with Crippen molar-refractivity contribution in [1.29, 1.82) is 0 Å². The summed E-state index contributed by atoms with van der Waals surface area (Å²) in [6.45, 7) is 7.36. The molecule has 2 heterocycles. The molecular formula is C20H28N2O3. The number of aliphatic hydroxyl groups excluding tert-OH is 1. The Kier molecular flexibility index (Phi) is 5.13. The van der Waals surface area contributed by atoms with E-state index >= 15 is 0 Å². The SMILES string of the molecule is Cc1ccc(N2CCC(C(=O)N3CC(CO)CCC3C)C2=O)cc1C. The van der Waals surface area contributed by atoms with Gasteiger partial charge in [-0.2, -0.15) is 0 Å². The number of amides is 2. The van der Waals surface area contributed by atoms with E-state index in [1.807, 2.05) is 43.9 Å². The number of rotatable bonds is 3. The molecule has 3 rings (SSSR count). The predicted molar refractivity (Wildman–Crippen MR) is 97.4 cm³/mol. The Hall–Kier alpha value is -1.88. The van der Waals surface area contributed by atoms with Crippen LogP contribution in [0.15, 0.2) is 18.2 Å². The lowest BCUT2D eigenvalue weighted by molar-refractivity contribution is -0.143. The van der Waals surface area contributed by atoms with E-state index in [1.165, 1.54) is 5.56 Å². The van der Waals surface area contributed by atoms with Crippen LogP contribution in [0.3, 0.4) is 0 Å². The van der Waals surface area contributed by atoms with E-state index in [4.69, 9.17) is 0 Å². The van der Waals surface area contributed by atoms with Crippen LogP contribution in [-0.4, -0.2) is 47.6 Å². The smallest absolute Gasteiger partial charge is 0.239 e. The summed E-state index contributed by atoms with van der Waals surface area (Å²) in [5.41, 5.74) is 3.22. The average Bonchev–Trinajstić information content (AvgIpc) is 2.99. The van der Waals surface area contributed by atoms with Gasteiger partial charge in [0, 0.05) is 31.4 Å². The number of carbonyl (C=O) groups is 2. The molecule has 0 aliphatic carbocycles. The highest BCUT2D eigenvalue weighted by Gasteiger charge is 2.42. The second-order valence-corrected chi connectivity index (χ2v) is 7.57. The first-order valence-corrected chi connectivity index (χ1v) is 9.22. The molecule has 0 aromatic heterocycles. The van der Waals surface area contributed by atoms with Crippen LogP contribution in [0, 0.1) is 25.7 Å². The van der Waals surface area contributed by atoms with Crippen molar-refractivity contribution in [2.24, 2.45) is 11.8 Å². The maximum atomic E-state index is 13.0. The van der Waals surface area contributed by atoms with Gasteiger partial charge < -0.3 is 14.9 Å². The molecule has 5 nitrogen and oxygen atoms in total. The van der Waals surface area contributed by atoms with Gasteiger partial charge in [0.2, 0.25) is 11.8 Å². The second kappa shape index (κ2) is 7.16. The van der Waals surface area contributed by atoms with Crippen LogP contribution in [0.2, 0.25) is 0 Å². The number of hydrogen-bond donors (Lipinski definition) is 1. The molecule has 0 spiro atoms. The highest BCUT2D eigenvalue weighted by Crippen LogP contribution is 2.30. The van der Waals surface area contributed by atoms with Crippen molar-refractivity contribution in [3.05, 3.63) is 29.3 Å². The van der Waals surface area contributed by atoms with Crippen molar-refractivity contribution in [1.82, 2.24) is 4.90 Å². The number of nitrogens with zero attached hydrogens (tertiary/aromatic N) is 2. The summed E-state index contributed by atoms with van der Waals surface area (Å²) in [6.07, 6.45) is 2.39. The minimum atomic E-state index is -0.582. The molecule has 5 heteroatoms. The number of aliphatic hydroxyl groups is 1. The lowest BCUT2D eigenvalue weighted by Crippen LogP contribution is -2.50. The molecule has 2 amide bonds. The number of benzene rings is 1. The van der Waals surface area contributed by atoms with Crippen LogP contribution in [-0.2, 0) is 9.59 Å². The van der Waals surface area contributed by atoms with E-state index in [-0.39, 0.29) is 30.4 Å². The molecule has 1 N–H and O–H groups in total. The van der Waals surface area contributed by atoms with Gasteiger partial charge in [-0.15, -0.1) is 0 Å². The highest BCUT2D eigenvalue weighted by molar-refractivity contribution is 6.09. The molecule has 3 atom stereocenters. The van der Waals surface area contributed by atoms with Crippen LogP contribution in [0.25, 0.3) is 0 Å². The minimum Gasteiger partial charge on any atom is -0.396 e. The Morgan fingerprint density at radius 2 is 1.96 bits per heavy atom. The largest absolute Gasteiger partial charge is 0.396 e. The van der Waals surface area contributed by atoms with Crippen molar-refractivity contribution < 1.29 is 14.7 Å². The standard InChI is InChI=1S/C20H28N2O3/c1-13-4-7-17(10-14(13)2)21-9-8-18(19(21)24)20(25)22-11-16(12-23)6-5-15(22)3/h4,7,10,15-16,18,23H,5-6,8-9,11-12H2,1-3H3. The number of anilines is 1. The van der Waals surface area contributed by atoms with Crippen molar-refractivity contribution in [3.8, 4) is 0 Å². The molecular weight excluding hydrogens is 316 g/mol. The van der Waals surface area contributed by atoms with Crippen LogP contribution >= 0.6 is 0 Å². The third kappa shape index (κ3) is 3.43. The first-order chi connectivity index (χ1) is 11.9. The summed E-state index contributed by atoms with van der Waals surface area (Å²) in [7, 11) is 0. The lowest BCUT2D eigenvalue weighted by Gasteiger charge is -2.38. The molecule has 2 aliphatic rings. The van der Waals surface area contributed by atoms with Crippen LogP contribution < -0.4 is 4.90 Å². The summed E-state index contributed by atoms with van der Waals surface area (Å²) < 4.78 is 0. The Labute approximate surface area is 149 Å². The molecule has 136 valence electrons. The maximum Gasteiger partial charge on any atom is 0.239 e. The fraction of sp³-hybridized carbons (Fsp3) is 0.600. The zero-order valence-corrected chi connectivity index (χ0v) is 15.4. The van der Waals surface area contributed by atoms with Gasteiger partial charge in [0.1, 0.15) is 5.92 Å². The van der Waals surface area contributed by atoms with E-state index in [0.717, 1.165) is 24.1 Å². The van der Waals surface area contributed by atoms with Crippen LogP contribution in [0.4, 0.5) is 5.69 Å². The van der Waals surface area contributed by atoms with Gasteiger partial charge in [0.15, 0.2) is 0 Å². The Bertz CT molecular complexity index is 673. The van der Waals surface area contributed by atoms with E-state index in [0.29, 0.717) is 19.5 Å². The summed E-state index contributed by atoms with van der Waals surface area (Å²) in [5.74, 6) is -0.609. The molecule has 1 aromatic rings. The van der Waals surface area contributed by atoms with Gasteiger partial charge in [-0.05, 0) is 69.2 Å². The van der Waals surface area contributed by atoms with Gasteiger partial charge in [-0.1, -0.05) is 6.07 Å². The maximum absolute atomic E-state index is 13.0. The van der Waals surface area contributed by atoms with E-state index in [2.05, 4.69) is 0 Å². The van der Waals surface area contributed by atoms with E-state index in [1.54, 1.807) is 4.90 Å². The zero-order valence-electron chi connectivity index (χ0n) is 15.4. The quantitative estimate of drug-likeness (QED) is 0.856. The predicted octanol–water partition coefficient (Wildman–Crippen LogP) is 2.28. The number of piperidine rings is 1. The zero-order chi connectivity index (χ0) is 18.1. The van der Waals surface area contributed by atoms with Crippen LogP contribution in [0.1, 0.15) is 37.3 Å². The Morgan fingerprint density at radius 3 is 2.64 bits per heavy atom. The molecule has 2 fully saturated rings. The van der Waals surface area contributed by atoms with Gasteiger partial charge in [0.05, 0.1) is 0 Å². The van der Waals surface area contributed by atoms with Crippen molar-refractivity contribution in [2.75, 3.05) is 24.6 Å². The monoisotopic (exact) mass is 344 g/mol. The fourth-order valence-corrected chi connectivity index (χ4v) is 3.90. The molecule has 0 bridgehead atoms. The first kappa shape index (κ1) is 17.9. The normalized spacial score (nSPS) is 27.0. The van der Waals surface area contributed by atoms with Crippen molar-refractivity contribution in [3.63, 3.8) is 0 Å². The lowest BCUT2D eigenvalue weighted by atomic mass is 9.92. The highest BCUT2D eigenvalue weighted by atomic mass is 16.3. The van der Waals surface area contributed by atoms with Gasteiger partial charge in [-0.3, -0.25) is 9.59 Å². The topological polar surface area (TPSA) is 60.9 Å². The number of hydrogen-bond acceptors (Lipinski definition) is 3. The molecule has 1 aromatic carbocycles. The Morgan fingerprint density at radius 1 is 1.20 bits per heavy atom. The minimum absolute atomic E-state index is 0.0676. The van der Waals surface area contributed by atoms with Gasteiger partial charge >= 0.3 is 0 Å². The summed E-state index contributed by atoms with van der Waals surface area (Å²) in [4.78, 5) is 29.4. The number of carbonyl (C=O) groups excluding carboxylic acids is 2. The first-order valence-electron chi connectivity index (χ1n) is 9.22. The van der Waals surface area contributed by atoms with E-state index < -0.39 is 5.92 Å².